The number of benzene rings is 2. The average molecular weight is 410 g/mol. The summed E-state index contributed by atoms with van der Waals surface area (Å²) >= 11 is 6.22. The molecule has 1 heterocycles. The molecule has 1 aliphatic carbocycles. The van der Waals surface area contributed by atoms with E-state index in [9.17, 15) is 14.7 Å². The number of aliphatic hydroxyl groups is 1. The Bertz CT molecular complexity index is 1040. The first-order valence-corrected chi connectivity index (χ1v) is 10.4. The highest BCUT2D eigenvalue weighted by Crippen LogP contribution is 2.46. The van der Waals surface area contributed by atoms with Gasteiger partial charge in [0.15, 0.2) is 11.4 Å². The highest BCUT2D eigenvalue weighted by atomic mass is 35.5. The van der Waals surface area contributed by atoms with E-state index in [2.05, 4.69) is 6.92 Å². The molecule has 1 fully saturated rings. The normalized spacial score (nSPS) is 23.8. The van der Waals surface area contributed by atoms with Crippen molar-refractivity contribution in [1.29, 1.82) is 0 Å². The molecule has 1 N–H and O–H groups in total. The van der Waals surface area contributed by atoms with Crippen LogP contribution < -0.4 is 0 Å². The van der Waals surface area contributed by atoms with Gasteiger partial charge in [0, 0.05) is 35.2 Å². The van der Waals surface area contributed by atoms with E-state index in [1.165, 1.54) is 0 Å². The minimum absolute atomic E-state index is 0.242. The minimum Gasteiger partial charge on any atom is -0.379 e. The van der Waals surface area contributed by atoms with Crippen LogP contribution in [0.3, 0.4) is 0 Å². The highest BCUT2D eigenvalue weighted by Gasteiger charge is 2.56. The number of rotatable bonds is 6. The van der Waals surface area contributed by atoms with Gasteiger partial charge in [-0.15, -0.1) is 0 Å². The second kappa shape index (κ2) is 7.77. The number of unbranched alkanes of at least 4 members (excludes halogenated alkanes) is 1. The van der Waals surface area contributed by atoms with Crippen LogP contribution in [0.4, 0.5) is 0 Å². The summed E-state index contributed by atoms with van der Waals surface area (Å²) in [5.41, 5.74) is -0.502. The second-order valence-electron chi connectivity index (χ2n) is 7.86. The number of amides is 1. The molecule has 0 spiro atoms. The van der Waals surface area contributed by atoms with Crippen molar-refractivity contribution in [2.24, 2.45) is 5.92 Å². The Morgan fingerprint density at radius 2 is 1.97 bits per heavy atom. The number of carbonyl (C=O) groups is 2. The SMILES string of the molecule is CCCCN1C(=O)C(O)(CC(=O)c2ccc3ccccc3c2)C2CC(Cl)=CC=C21. The first-order valence-electron chi connectivity index (χ1n) is 10.1. The summed E-state index contributed by atoms with van der Waals surface area (Å²) in [7, 11) is 0. The van der Waals surface area contributed by atoms with E-state index < -0.39 is 17.4 Å². The van der Waals surface area contributed by atoms with Crippen molar-refractivity contribution < 1.29 is 14.7 Å². The first-order chi connectivity index (χ1) is 13.9. The van der Waals surface area contributed by atoms with E-state index in [1.807, 2.05) is 42.5 Å². The lowest BCUT2D eigenvalue weighted by molar-refractivity contribution is -0.145. The summed E-state index contributed by atoms with van der Waals surface area (Å²) in [6.45, 7) is 2.59. The number of fused-ring (bicyclic) bond motifs is 2. The smallest absolute Gasteiger partial charge is 0.259 e. The van der Waals surface area contributed by atoms with Crippen LogP contribution in [0.15, 0.2) is 65.3 Å². The maximum Gasteiger partial charge on any atom is 0.259 e. The summed E-state index contributed by atoms with van der Waals surface area (Å²) < 4.78 is 0. The molecule has 1 aliphatic heterocycles. The van der Waals surface area contributed by atoms with Crippen LogP contribution in [-0.4, -0.2) is 33.8 Å². The Kier molecular flexibility index (Phi) is 5.32. The number of hydrogen-bond acceptors (Lipinski definition) is 3. The zero-order chi connectivity index (χ0) is 20.6. The monoisotopic (exact) mass is 409 g/mol. The zero-order valence-corrected chi connectivity index (χ0v) is 17.2. The quantitative estimate of drug-likeness (QED) is 0.696. The predicted molar refractivity (Wildman–Crippen MR) is 115 cm³/mol. The van der Waals surface area contributed by atoms with E-state index in [1.54, 1.807) is 17.0 Å². The van der Waals surface area contributed by atoms with Crippen molar-refractivity contribution in [2.45, 2.75) is 38.2 Å². The van der Waals surface area contributed by atoms with Crippen molar-refractivity contribution in [3.05, 3.63) is 70.9 Å². The van der Waals surface area contributed by atoms with Crippen LogP contribution in [0.5, 0.6) is 0 Å². The Morgan fingerprint density at radius 3 is 2.72 bits per heavy atom. The van der Waals surface area contributed by atoms with Gasteiger partial charge in [0.05, 0.1) is 0 Å². The van der Waals surface area contributed by atoms with Gasteiger partial charge in [0.2, 0.25) is 0 Å². The van der Waals surface area contributed by atoms with Crippen molar-refractivity contribution in [3.63, 3.8) is 0 Å². The lowest BCUT2D eigenvalue weighted by Crippen LogP contribution is -2.45. The minimum atomic E-state index is -1.77. The molecule has 0 aromatic heterocycles. The molecule has 2 aromatic carbocycles. The molecular formula is C24H24ClNO3. The Hall–Kier alpha value is -2.43. The molecule has 1 saturated heterocycles. The number of allylic oxidation sites excluding steroid dienone is 3. The zero-order valence-electron chi connectivity index (χ0n) is 16.4. The number of nitrogens with zero attached hydrogens (tertiary/aromatic N) is 1. The van der Waals surface area contributed by atoms with Crippen molar-refractivity contribution in [2.75, 3.05) is 6.54 Å². The molecule has 0 radical (unpaired) electrons. The standard InChI is InChI=1S/C24H24ClNO3/c1-2-3-12-26-21-11-10-19(25)14-20(21)24(29,23(26)28)15-22(27)18-9-8-16-6-4-5-7-17(16)13-18/h4-11,13,20,29H,2-3,12,14-15H2,1H3. The van der Waals surface area contributed by atoms with Gasteiger partial charge < -0.3 is 10.0 Å². The van der Waals surface area contributed by atoms with Crippen molar-refractivity contribution >= 4 is 34.1 Å². The van der Waals surface area contributed by atoms with E-state index in [0.717, 1.165) is 29.3 Å². The molecule has 2 aromatic rings. The van der Waals surface area contributed by atoms with Gasteiger partial charge in [0.1, 0.15) is 0 Å². The van der Waals surface area contributed by atoms with E-state index in [-0.39, 0.29) is 12.2 Å². The van der Waals surface area contributed by atoms with Gasteiger partial charge in [-0.1, -0.05) is 61.3 Å². The van der Waals surface area contributed by atoms with Crippen LogP contribution in [0.1, 0.15) is 43.0 Å². The predicted octanol–water partition coefficient (Wildman–Crippen LogP) is 4.81. The molecule has 5 heteroatoms. The molecular weight excluding hydrogens is 386 g/mol. The summed E-state index contributed by atoms with van der Waals surface area (Å²) in [6.07, 6.45) is 5.47. The lowest BCUT2D eigenvalue weighted by atomic mass is 9.79. The maximum absolute atomic E-state index is 13.2. The number of Topliss-reactive ketones (excluding diaryl/α,β-unsaturated/α-hetero) is 1. The van der Waals surface area contributed by atoms with Gasteiger partial charge >= 0.3 is 0 Å². The fraction of sp³-hybridized carbons (Fsp3) is 0.333. The topological polar surface area (TPSA) is 57.6 Å². The molecule has 4 nitrogen and oxygen atoms in total. The second-order valence-corrected chi connectivity index (χ2v) is 8.34. The number of hydrogen-bond donors (Lipinski definition) is 1. The lowest BCUT2D eigenvalue weighted by Gasteiger charge is -2.27. The third-order valence-electron chi connectivity index (χ3n) is 5.93. The van der Waals surface area contributed by atoms with Gasteiger partial charge in [-0.3, -0.25) is 9.59 Å². The van der Waals surface area contributed by atoms with Crippen molar-refractivity contribution in [1.82, 2.24) is 4.90 Å². The molecule has 0 saturated carbocycles. The van der Waals surface area contributed by atoms with Crippen LogP contribution in [0, 0.1) is 5.92 Å². The Balaban J connectivity index is 1.65. The van der Waals surface area contributed by atoms with Crippen LogP contribution in [0.2, 0.25) is 0 Å². The number of likely N-dealkylation sites (tertiary alicyclic amines) is 1. The van der Waals surface area contributed by atoms with Crippen LogP contribution in [-0.2, 0) is 4.79 Å². The van der Waals surface area contributed by atoms with Gasteiger partial charge in [-0.05, 0) is 41.8 Å². The highest BCUT2D eigenvalue weighted by molar-refractivity contribution is 6.29. The van der Waals surface area contributed by atoms with Crippen LogP contribution in [0.25, 0.3) is 10.8 Å². The number of carbonyl (C=O) groups excluding carboxylic acids is 2. The molecule has 2 unspecified atom stereocenters. The van der Waals surface area contributed by atoms with Gasteiger partial charge in [-0.2, -0.15) is 0 Å². The van der Waals surface area contributed by atoms with E-state index >= 15 is 0 Å². The summed E-state index contributed by atoms with van der Waals surface area (Å²) in [4.78, 5) is 27.9. The average Bonchev–Trinajstić information content (AvgIpc) is 2.92. The fourth-order valence-electron chi connectivity index (χ4n) is 4.31. The largest absolute Gasteiger partial charge is 0.379 e. The van der Waals surface area contributed by atoms with E-state index in [4.69, 9.17) is 11.6 Å². The molecule has 4 rings (SSSR count). The van der Waals surface area contributed by atoms with Gasteiger partial charge in [0.25, 0.3) is 5.91 Å². The van der Waals surface area contributed by atoms with Crippen molar-refractivity contribution in [3.8, 4) is 0 Å². The first kappa shape index (κ1) is 19.9. The molecule has 150 valence electrons. The van der Waals surface area contributed by atoms with Gasteiger partial charge in [-0.25, -0.2) is 0 Å². The van der Waals surface area contributed by atoms with E-state index in [0.29, 0.717) is 23.6 Å². The Labute approximate surface area is 175 Å². The third kappa shape index (κ3) is 3.52. The summed E-state index contributed by atoms with van der Waals surface area (Å²) in [6, 6.07) is 13.3. The molecule has 1 amide bonds. The number of halogens is 1. The fourth-order valence-corrected chi connectivity index (χ4v) is 4.52. The maximum atomic E-state index is 13.2. The molecule has 0 bridgehead atoms. The third-order valence-corrected chi connectivity index (χ3v) is 6.21. The molecule has 2 aliphatic rings. The summed E-state index contributed by atoms with van der Waals surface area (Å²) in [5, 5.41) is 14.0. The molecule has 29 heavy (non-hydrogen) atoms. The number of ketones is 1. The Morgan fingerprint density at radius 1 is 1.21 bits per heavy atom. The molecule has 2 atom stereocenters. The summed E-state index contributed by atoms with van der Waals surface area (Å²) in [5.74, 6) is -1.13. The van der Waals surface area contributed by atoms with Crippen LogP contribution >= 0.6 is 11.6 Å².